The summed E-state index contributed by atoms with van der Waals surface area (Å²) in [4.78, 5) is 28.3. The molecule has 1 amide bonds. The first-order valence-corrected chi connectivity index (χ1v) is 8.30. The van der Waals surface area contributed by atoms with Crippen molar-refractivity contribution in [2.45, 2.75) is 18.1 Å². The van der Waals surface area contributed by atoms with Crippen LogP contribution in [0.15, 0.2) is 12.2 Å². The van der Waals surface area contributed by atoms with Crippen molar-refractivity contribution >= 4 is 11.9 Å². The predicted octanol–water partition coefficient (Wildman–Crippen LogP) is -0.425. The van der Waals surface area contributed by atoms with Crippen molar-refractivity contribution in [1.82, 2.24) is 9.80 Å². The van der Waals surface area contributed by atoms with Gasteiger partial charge in [-0.25, -0.2) is 0 Å². The molecule has 3 fully saturated rings. The van der Waals surface area contributed by atoms with Crippen molar-refractivity contribution < 1.29 is 24.2 Å². The van der Waals surface area contributed by atoms with Crippen LogP contribution in [0.25, 0.3) is 0 Å². The van der Waals surface area contributed by atoms with Crippen LogP contribution in [0.2, 0.25) is 0 Å². The first-order valence-electron chi connectivity index (χ1n) is 8.30. The summed E-state index contributed by atoms with van der Waals surface area (Å²) in [6.07, 6.45) is 4.15. The molecule has 7 nitrogen and oxygen atoms in total. The topological polar surface area (TPSA) is 79.3 Å². The Kier molecular flexibility index (Phi) is 3.66. The molecule has 0 radical (unpaired) electrons. The molecule has 7 heteroatoms. The zero-order valence-electron chi connectivity index (χ0n) is 13.0. The van der Waals surface area contributed by atoms with Crippen LogP contribution in [0.1, 0.15) is 6.42 Å². The van der Waals surface area contributed by atoms with E-state index in [1.54, 1.807) is 11.0 Å². The Balaban J connectivity index is 1.38. The molecule has 4 rings (SSSR count). The Labute approximate surface area is 134 Å². The summed E-state index contributed by atoms with van der Waals surface area (Å²) in [5.74, 6) is -2.30. The van der Waals surface area contributed by atoms with E-state index in [1.165, 1.54) is 0 Å². The number of morpholine rings is 1. The predicted molar refractivity (Wildman–Crippen MR) is 79.8 cm³/mol. The standard InChI is InChI=1S/C16H22N2O5/c19-14-13-12(15(20)21)11-2-3-16(13,23-11)10-18(14)5-1-4-17-6-8-22-9-7-17/h2-3,11-13H,1,4-10H2,(H,20,21)/t11-,12-,13+,16+/m0/s1. The highest BCUT2D eigenvalue weighted by atomic mass is 16.5. The maximum Gasteiger partial charge on any atom is 0.310 e. The molecule has 4 aliphatic heterocycles. The fourth-order valence-corrected chi connectivity index (χ4v) is 4.36. The minimum Gasteiger partial charge on any atom is -0.481 e. The molecule has 0 aromatic carbocycles. The number of fused-ring (bicyclic) bond motifs is 1. The number of likely N-dealkylation sites (tertiary alicyclic amines) is 1. The summed E-state index contributed by atoms with van der Waals surface area (Å²) in [5, 5.41) is 9.43. The van der Waals surface area contributed by atoms with Crippen LogP contribution in [0.4, 0.5) is 0 Å². The van der Waals surface area contributed by atoms with E-state index < -0.39 is 29.5 Å². The lowest BCUT2D eigenvalue weighted by molar-refractivity contribution is -0.148. The molecule has 0 unspecified atom stereocenters. The van der Waals surface area contributed by atoms with Gasteiger partial charge in [-0.15, -0.1) is 0 Å². The van der Waals surface area contributed by atoms with Gasteiger partial charge in [0.15, 0.2) is 0 Å². The Morgan fingerprint density at radius 3 is 2.87 bits per heavy atom. The Bertz CT molecular complexity index is 545. The molecular weight excluding hydrogens is 300 g/mol. The third-order valence-corrected chi connectivity index (χ3v) is 5.47. The van der Waals surface area contributed by atoms with E-state index in [-0.39, 0.29) is 5.91 Å². The average Bonchev–Trinajstić information content (AvgIpc) is 3.17. The number of aliphatic carboxylic acids is 1. The summed E-state index contributed by atoms with van der Waals surface area (Å²) in [7, 11) is 0. The Morgan fingerprint density at radius 1 is 1.35 bits per heavy atom. The molecule has 126 valence electrons. The second-order valence-electron chi connectivity index (χ2n) is 6.81. The number of rotatable bonds is 5. The zero-order valence-corrected chi connectivity index (χ0v) is 13.0. The van der Waals surface area contributed by atoms with E-state index >= 15 is 0 Å². The lowest BCUT2D eigenvalue weighted by Crippen LogP contribution is -2.40. The van der Waals surface area contributed by atoms with Gasteiger partial charge < -0.3 is 19.5 Å². The summed E-state index contributed by atoms with van der Waals surface area (Å²) in [6.45, 7) is 5.50. The van der Waals surface area contributed by atoms with Crippen molar-refractivity contribution in [3.8, 4) is 0 Å². The van der Waals surface area contributed by atoms with Crippen molar-refractivity contribution in [3.63, 3.8) is 0 Å². The minimum atomic E-state index is -0.935. The molecule has 1 spiro atoms. The highest BCUT2D eigenvalue weighted by Crippen LogP contribution is 2.51. The molecule has 0 saturated carbocycles. The Hall–Kier alpha value is -1.44. The van der Waals surface area contributed by atoms with E-state index in [4.69, 9.17) is 9.47 Å². The largest absolute Gasteiger partial charge is 0.481 e. The first kappa shape index (κ1) is 15.1. The molecule has 2 bridgehead atoms. The number of carbonyl (C=O) groups is 2. The number of carbonyl (C=O) groups excluding carboxylic acids is 1. The number of carboxylic acid groups (broad SMARTS) is 1. The number of hydrogen-bond acceptors (Lipinski definition) is 5. The van der Waals surface area contributed by atoms with Gasteiger partial charge in [0.2, 0.25) is 5.91 Å². The quantitative estimate of drug-likeness (QED) is 0.692. The highest BCUT2D eigenvalue weighted by molar-refractivity contribution is 5.90. The first-order chi connectivity index (χ1) is 11.1. The SMILES string of the molecule is O=C(O)[C@H]1[C@@H]2C=C[C@]3(CN(CCCN4CCOCC4)C(=O)[C@@H]13)O2. The summed E-state index contributed by atoms with van der Waals surface area (Å²) >= 11 is 0. The number of nitrogens with zero attached hydrogens (tertiary/aromatic N) is 2. The van der Waals surface area contributed by atoms with Gasteiger partial charge in [-0.2, -0.15) is 0 Å². The highest BCUT2D eigenvalue weighted by Gasteiger charge is 2.66. The number of hydrogen-bond donors (Lipinski definition) is 1. The summed E-state index contributed by atoms with van der Waals surface area (Å²) in [5.41, 5.74) is -0.705. The Morgan fingerprint density at radius 2 is 2.13 bits per heavy atom. The van der Waals surface area contributed by atoms with E-state index in [9.17, 15) is 14.7 Å². The molecular formula is C16H22N2O5. The summed E-state index contributed by atoms with van der Waals surface area (Å²) < 4.78 is 11.2. The van der Waals surface area contributed by atoms with Crippen molar-refractivity contribution in [3.05, 3.63) is 12.2 Å². The molecule has 3 saturated heterocycles. The number of amides is 1. The van der Waals surface area contributed by atoms with Gasteiger partial charge in [0.25, 0.3) is 0 Å². The van der Waals surface area contributed by atoms with E-state index in [1.807, 2.05) is 6.08 Å². The van der Waals surface area contributed by atoms with E-state index in [0.717, 1.165) is 39.3 Å². The van der Waals surface area contributed by atoms with Gasteiger partial charge in [0.05, 0.1) is 31.8 Å². The molecule has 4 heterocycles. The molecule has 0 aromatic rings. The van der Waals surface area contributed by atoms with Crippen molar-refractivity contribution in [1.29, 1.82) is 0 Å². The lowest BCUT2D eigenvalue weighted by atomic mass is 9.77. The normalized spacial score (nSPS) is 39.2. The van der Waals surface area contributed by atoms with Crippen LogP contribution in [0.3, 0.4) is 0 Å². The van der Waals surface area contributed by atoms with E-state index in [0.29, 0.717) is 13.1 Å². The molecule has 4 aliphatic rings. The van der Waals surface area contributed by atoms with Gasteiger partial charge in [-0.1, -0.05) is 12.2 Å². The van der Waals surface area contributed by atoms with Crippen LogP contribution in [-0.4, -0.2) is 84.4 Å². The monoisotopic (exact) mass is 322 g/mol. The average molecular weight is 322 g/mol. The number of ether oxygens (including phenoxy) is 2. The maximum absolute atomic E-state index is 12.7. The van der Waals surface area contributed by atoms with Crippen molar-refractivity contribution in [2.75, 3.05) is 45.9 Å². The van der Waals surface area contributed by atoms with Crippen LogP contribution in [0.5, 0.6) is 0 Å². The molecule has 23 heavy (non-hydrogen) atoms. The fourth-order valence-electron chi connectivity index (χ4n) is 4.36. The minimum absolute atomic E-state index is 0.0637. The molecule has 4 atom stereocenters. The summed E-state index contributed by atoms with van der Waals surface area (Å²) in [6, 6.07) is 0. The second kappa shape index (κ2) is 5.58. The van der Waals surface area contributed by atoms with Crippen LogP contribution in [-0.2, 0) is 19.1 Å². The van der Waals surface area contributed by atoms with Gasteiger partial charge in [-0.3, -0.25) is 14.5 Å². The van der Waals surface area contributed by atoms with Crippen LogP contribution < -0.4 is 0 Å². The fraction of sp³-hybridized carbons (Fsp3) is 0.750. The van der Waals surface area contributed by atoms with Gasteiger partial charge in [0, 0.05) is 26.2 Å². The third kappa shape index (κ3) is 2.38. The second-order valence-corrected chi connectivity index (χ2v) is 6.81. The molecule has 1 N–H and O–H groups in total. The van der Waals surface area contributed by atoms with Gasteiger partial charge >= 0.3 is 5.97 Å². The van der Waals surface area contributed by atoms with Crippen molar-refractivity contribution in [2.24, 2.45) is 11.8 Å². The van der Waals surface area contributed by atoms with E-state index in [2.05, 4.69) is 4.90 Å². The molecule has 0 aliphatic carbocycles. The van der Waals surface area contributed by atoms with Gasteiger partial charge in [0.1, 0.15) is 11.5 Å². The third-order valence-electron chi connectivity index (χ3n) is 5.47. The number of carboxylic acids is 1. The van der Waals surface area contributed by atoms with Crippen LogP contribution >= 0.6 is 0 Å². The van der Waals surface area contributed by atoms with Gasteiger partial charge in [-0.05, 0) is 6.42 Å². The smallest absolute Gasteiger partial charge is 0.310 e. The maximum atomic E-state index is 12.7. The molecule has 0 aromatic heterocycles. The zero-order chi connectivity index (χ0) is 16.0. The lowest BCUT2D eigenvalue weighted by Gasteiger charge is -2.27. The van der Waals surface area contributed by atoms with Crippen LogP contribution in [0, 0.1) is 11.8 Å².